The largest absolute Gasteiger partial charge is 0.381 e. The Bertz CT molecular complexity index is 537. The van der Waals surface area contributed by atoms with Gasteiger partial charge in [0.1, 0.15) is 0 Å². The van der Waals surface area contributed by atoms with Crippen molar-refractivity contribution in [1.82, 2.24) is 4.90 Å². The third-order valence-corrected chi connectivity index (χ3v) is 5.42. The quantitative estimate of drug-likeness (QED) is 0.890. The molecule has 5 heteroatoms. The molecule has 25 heavy (non-hydrogen) atoms. The Morgan fingerprint density at radius 2 is 1.72 bits per heavy atom. The van der Waals surface area contributed by atoms with Gasteiger partial charge in [-0.05, 0) is 31.2 Å². The fraction of sp³-hybridized carbons (Fsp3) is 0.650. The highest BCUT2D eigenvalue weighted by molar-refractivity contribution is 5.79. The van der Waals surface area contributed by atoms with Gasteiger partial charge in [0, 0.05) is 32.3 Å². The zero-order valence-electron chi connectivity index (χ0n) is 15.1. The Labute approximate surface area is 150 Å². The maximum absolute atomic E-state index is 12.8. The minimum absolute atomic E-state index is 0.154. The van der Waals surface area contributed by atoms with Gasteiger partial charge in [-0.1, -0.05) is 37.3 Å². The maximum atomic E-state index is 12.8. The summed E-state index contributed by atoms with van der Waals surface area (Å²) in [6.45, 7) is 5.07. The first-order chi connectivity index (χ1) is 12.1. The van der Waals surface area contributed by atoms with E-state index in [1.165, 1.54) is 0 Å². The molecule has 2 saturated heterocycles. The van der Waals surface area contributed by atoms with E-state index >= 15 is 0 Å². The first-order valence-electron chi connectivity index (χ1n) is 9.47. The highest BCUT2D eigenvalue weighted by Gasteiger charge is 2.31. The lowest BCUT2D eigenvalue weighted by Crippen LogP contribution is -2.46. The van der Waals surface area contributed by atoms with Crippen molar-refractivity contribution in [1.29, 1.82) is 0 Å². The van der Waals surface area contributed by atoms with Crippen LogP contribution < -0.4 is 5.73 Å². The number of rotatable bonds is 5. The molecule has 2 fully saturated rings. The number of nitrogens with two attached hydrogens (primary N) is 1. The van der Waals surface area contributed by atoms with Gasteiger partial charge in [0.2, 0.25) is 5.91 Å². The summed E-state index contributed by atoms with van der Waals surface area (Å²) in [7, 11) is 0. The zero-order valence-corrected chi connectivity index (χ0v) is 15.1. The number of hydrogen-bond donors (Lipinski definition) is 1. The third-order valence-electron chi connectivity index (χ3n) is 5.42. The van der Waals surface area contributed by atoms with Crippen molar-refractivity contribution in [2.24, 2.45) is 11.7 Å². The van der Waals surface area contributed by atoms with E-state index in [-0.39, 0.29) is 24.0 Å². The number of benzene rings is 1. The number of piperidine rings is 1. The Hall–Kier alpha value is -1.43. The molecule has 2 aliphatic heterocycles. The smallest absolute Gasteiger partial charge is 0.227 e. The van der Waals surface area contributed by atoms with Crippen molar-refractivity contribution in [3.8, 4) is 0 Å². The van der Waals surface area contributed by atoms with Crippen molar-refractivity contribution in [3.63, 3.8) is 0 Å². The number of nitrogens with zero attached hydrogens (tertiary/aromatic N) is 1. The standard InChI is InChI=1S/C20H30N2O3/c1-15(19(21)16-5-3-2-4-6-16)20(23)22-11-7-17(8-12-22)25-18-9-13-24-14-10-18/h2-6,15,17-19H,7-14,21H2,1H3/t15-,19-/m1/s1. The summed E-state index contributed by atoms with van der Waals surface area (Å²) in [6, 6.07) is 9.61. The zero-order chi connectivity index (χ0) is 17.6. The fourth-order valence-corrected chi connectivity index (χ4v) is 3.70. The highest BCUT2D eigenvalue weighted by atomic mass is 16.5. The van der Waals surface area contributed by atoms with E-state index in [4.69, 9.17) is 15.2 Å². The molecule has 1 amide bonds. The van der Waals surface area contributed by atoms with Crippen LogP contribution in [0.15, 0.2) is 30.3 Å². The number of carbonyl (C=O) groups is 1. The first kappa shape index (κ1) is 18.4. The van der Waals surface area contributed by atoms with Gasteiger partial charge < -0.3 is 20.1 Å². The monoisotopic (exact) mass is 346 g/mol. The number of ether oxygens (including phenoxy) is 2. The molecule has 0 saturated carbocycles. The molecule has 0 unspecified atom stereocenters. The Balaban J connectivity index is 1.47. The van der Waals surface area contributed by atoms with Crippen molar-refractivity contribution < 1.29 is 14.3 Å². The molecule has 0 aromatic heterocycles. The number of likely N-dealkylation sites (tertiary alicyclic amines) is 1. The summed E-state index contributed by atoms with van der Waals surface area (Å²) in [5.74, 6) is -0.0590. The van der Waals surface area contributed by atoms with Crippen molar-refractivity contribution in [3.05, 3.63) is 35.9 Å². The average molecular weight is 346 g/mol. The molecule has 3 rings (SSSR count). The van der Waals surface area contributed by atoms with Crippen LogP contribution in [0, 0.1) is 5.92 Å². The SMILES string of the molecule is C[C@@H](C(=O)N1CCC(OC2CCOCC2)CC1)[C@@H](N)c1ccccc1. The topological polar surface area (TPSA) is 64.8 Å². The molecule has 2 heterocycles. The van der Waals surface area contributed by atoms with Gasteiger partial charge in [0.15, 0.2) is 0 Å². The van der Waals surface area contributed by atoms with Gasteiger partial charge in [-0.25, -0.2) is 0 Å². The highest BCUT2D eigenvalue weighted by Crippen LogP contribution is 2.24. The van der Waals surface area contributed by atoms with E-state index in [1.807, 2.05) is 42.2 Å². The summed E-state index contributed by atoms with van der Waals surface area (Å²) in [6.07, 6.45) is 4.40. The average Bonchev–Trinajstić information content (AvgIpc) is 2.68. The van der Waals surface area contributed by atoms with Gasteiger partial charge in [0.25, 0.3) is 0 Å². The van der Waals surface area contributed by atoms with E-state index in [0.29, 0.717) is 6.10 Å². The molecule has 0 spiro atoms. The predicted octanol–water partition coefficient (Wildman–Crippen LogP) is 2.51. The van der Waals surface area contributed by atoms with Crippen molar-refractivity contribution in [2.75, 3.05) is 26.3 Å². The van der Waals surface area contributed by atoms with E-state index in [0.717, 1.165) is 57.6 Å². The van der Waals surface area contributed by atoms with Crippen LogP contribution in [0.3, 0.4) is 0 Å². The molecular weight excluding hydrogens is 316 g/mol. The minimum atomic E-state index is -0.259. The lowest BCUT2D eigenvalue weighted by Gasteiger charge is -2.36. The third kappa shape index (κ3) is 4.81. The fourth-order valence-electron chi connectivity index (χ4n) is 3.70. The van der Waals surface area contributed by atoms with E-state index in [2.05, 4.69) is 0 Å². The van der Waals surface area contributed by atoms with Gasteiger partial charge >= 0.3 is 0 Å². The Kier molecular flexibility index (Phi) is 6.45. The molecule has 1 aromatic carbocycles. The second-order valence-electron chi connectivity index (χ2n) is 7.20. The van der Waals surface area contributed by atoms with E-state index < -0.39 is 0 Å². The molecule has 0 radical (unpaired) electrons. The Morgan fingerprint density at radius 3 is 2.36 bits per heavy atom. The molecule has 2 N–H and O–H groups in total. The molecule has 2 aliphatic rings. The minimum Gasteiger partial charge on any atom is -0.381 e. The predicted molar refractivity (Wildman–Crippen MR) is 97.1 cm³/mol. The summed E-state index contributed by atoms with van der Waals surface area (Å²) >= 11 is 0. The molecular formula is C20H30N2O3. The van der Waals surface area contributed by atoms with Crippen LogP contribution >= 0.6 is 0 Å². The van der Waals surface area contributed by atoms with Crippen molar-refractivity contribution in [2.45, 2.75) is 50.9 Å². The van der Waals surface area contributed by atoms with E-state index in [1.54, 1.807) is 0 Å². The van der Waals surface area contributed by atoms with Crippen LogP contribution in [0.4, 0.5) is 0 Å². The first-order valence-corrected chi connectivity index (χ1v) is 9.47. The van der Waals surface area contributed by atoms with Gasteiger partial charge in [0.05, 0.1) is 18.1 Å². The summed E-state index contributed by atoms with van der Waals surface area (Å²) in [5, 5.41) is 0. The number of carbonyl (C=O) groups excluding carboxylic acids is 1. The molecule has 0 bridgehead atoms. The second kappa shape index (κ2) is 8.79. The summed E-state index contributed by atoms with van der Waals surface area (Å²) in [4.78, 5) is 14.8. The van der Waals surface area contributed by atoms with Crippen LogP contribution in [0.25, 0.3) is 0 Å². The lowest BCUT2D eigenvalue weighted by molar-refractivity contribution is -0.140. The Morgan fingerprint density at radius 1 is 1.12 bits per heavy atom. The van der Waals surface area contributed by atoms with Crippen LogP contribution in [-0.4, -0.2) is 49.3 Å². The van der Waals surface area contributed by atoms with Gasteiger partial charge in [-0.3, -0.25) is 4.79 Å². The lowest BCUT2D eigenvalue weighted by atomic mass is 9.93. The molecule has 2 atom stereocenters. The van der Waals surface area contributed by atoms with Crippen LogP contribution in [0.1, 0.15) is 44.2 Å². The molecule has 5 nitrogen and oxygen atoms in total. The molecule has 1 aromatic rings. The van der Waals surface area contributed by atoms with Crippen LogP contribution in [-0.2, 0) is 14.3 Å². The van der Waals surface area contributed by atoms with E-state index in [9.17, 15) is 4.79 Å². The van der Waals surface area contributed by atoms with Gasteiger partial charge in [-0.15, -0.1) is 0 Å². The van der Waals surface area contributed by atoms with Crippen molar-refractivity contribution >= 4 is 5.91 Å². The summed E-state index contributed by atoms with van der Waals surface area (Å²) in [5.41, 5.74) is 7.33. The van der Waals surface area contributed by atoms with Gasteiger partial charge in [-0.2, -0.15) is 0 Å². The molecule has 138 valence electrons. The number of amides is 1. The molecule has 0 aliphatic carbocycles. The normalized spacial score (nSPS) is 22.6. The van der Waals surface area contributed by atoms with Crippen LogP contribution in [0.2, 0.25) is 0 Å². The second-order valence-corrected chi connectivity index (χ2v) is 7.20. The summed E-state index contributed by atoms with van der Waals surface area (Å²) < 4.78 is 11.6. The number of hydrogen-bond acceptors (Lipinski definition) is 4. The maximum Gasteiger partial charge on any atom is 0.227 e. The van der Waals surface area contributed by atoms with Crippen LogP contribution in [0.5, 0.6) is 0 Å².